The van der Waals surface area contributed by atoms with E-state index in [2.05, 4.69) is 10.4 Å². The molecule has 0 radical (unpaired) electrons. The molecule has 3 N–H and O–H groups in total. The van der Waals surface area contributed by atoms with Gasteiger partial charge >= 0.3 is 5.97 Å². The summed E-state index contributed by atoms with van der Waals surface area (Å²) in [5.41, 5.74) is 8.36. The van der Waals surface area contributed by atoms with Crippen molar-refractivity contribution in [3.05, 3.63) is 63.3 Å². The maximum atomic E-state index is 13.2. The number of aryl methyl sites for hydroxylation is 1. The zero-order valence-corrected chi connectivity index (χ0v) is 18.8. The highest BCUT2D eigenvalue weighted by Gasteiger charge is 2.28. The number of ether oxygens (including phenoxy) is 1. The molecule has 2 heterocycles. The van der Waals surface area contributed by atoms with E-state index in [1.165, 1.54) is 0 Å². The fraction of sp³-hybridized carbons (Fsp3) is 0.273. The molecule has 0 spiro atoms. The molecule has 0 bridgehead atoms. The predicted octanol–water partition coefficient (Wildman–Crippen LogP) is 3.78. The molecule has 0 saturated heterocycles. The number of esters is 1. The Kier molecular flexibility index (Phi) is 6.26. The van der Waals surface area contributed by atoms with Crippen LogP contribution >= 0.6 is 11.3 Å². The van der Waals surface area contributed by atoms with E-state index in [0.717, 1.165) is 17.0 Å². The van der Waals surface area contributed by atoms with Crippen molar-refractivity contribution in [1.29, 1.82) is 0 Å². The SMILES string of the molecule is Cc1nn(-c2ccccc2)c(C)c1C(=O)Nc1sc(C(N)=O)c(C)c1C(=O)OC(C)C. The third-order valence-electron chi connectivity index (χ3n) is 4.66. The standard InChI is InChI=1S/C22H24N4O4S/c1-11(2)30-22(29)16-12(3)18(19(23)27)31-21(16)24-20(28)17-13(4)25-26(14(17)5)15-9-7-6-8-10-15/h6-11H,1-5H3,(H2,23,27)(H,24,28). The van der Waals surface area contributed by atoms with Crippen LogP contribution in [-0.2, 0) is 4.74 Å². The number of thiophene rings is 1. The van der Waals surface area contributed by atoms with E-state index in [9.17, 15) is 14.4 Å². The van der Waals surface area contributed by atoms with Gasteiger partial charge in [0.25, 0.3) is 11.8 Å². The van der Waals surface area contributed by atoms with Crippen LogP contribution in [0.15, 0.2) is 30.3 Å². The molecule has 0 aliphatic heterocycles. The third kappa shape index (κ3) is 4.36. The lowest BCUT2D eigenvalue weighted by Gasteiger charge is -2.10. The highest BCUT2D eigenvalue weighted by Crippen LogP contribution is 2.34. The zero-order chi connectivity index (χ0) is 22.9. The van der Waals surface area contributed by atoms with Gasteiger partial charge in [0.2, 0.25) is 0 Å². The number of benzene rings is 1. The van der Waals surface area contributed by atoms with Gasteiger partial charge in [-0.2, -0.15) is 5.10 Å². The minimum absolute atomic E-state index is 0.131. The van der Waals surface area contributed by atoms with E-state index >= 15 is 0 Å². The number of primary amides is 1. The normalized spacial score (nSPS) is 10.9. The molecule has 0 fully saturated rings. The van der Waals surface area contributed by atoms with Gasteiger partial charge in [-0.05, 0) is 52.3 Å². The van der Waals surface area contributed by atoms with Gasteiger partial charge in [-0.3, -0.25) is 9.59 Å². The summed E-state index contributed by atoms with van der Waals surface area (Å²) in [6.07, 6.45) is -0.360. The Labute approximate surface area is 184 Å². The van der Waals surface area contributed by atoms with Crippen LogP contribution in [0.4, 0.5) is 5.00 Å². The van der Waals surface area contributed by atoms with Crippen LogP contribution < -0.4 is 11.1 Å². The molecule has 0 aliphatic rings. The fourth-order valence-corrected chi connectivity index (χ4v) is 4.35. The molecule has 2 aromatic heterocycles. The molecule has 3 aromatic rings. The van der Waals surface area contributed by atoms with E-state index in [-0.39, 0.29) is 21.5 Å². The van der Waals surface area contributed by atoms with Crippen molar-refractivity contribution in [3.63, 3.8) is 0 Å². The second-order valence-corrected chi connectivity index (χ2v) is 8.35. The molecule has 0 unspecified atom stereocenters. The molecule has 2 amide bonds. The van der Waals surface area contributed by atoms with Gasteiger partial charge in [0.15, 0.2) is 0 Å². The van der Waals surface area contributed by atoms with E-state index in [0.29, 0.717) is 22.5 Å². The molecule has 3 rings (SSSR count). The summed E-state index contributed by atoms with van der Waals surface area (Å²) in [6.45, 7) is 8.58. The average Bonchev–Trinajstić information content (AvgIpc) is 3.17. The summed E-state index contributed by atoms with van der Waals surface area (Å²) in [4.78, 5) is 37.8. The summed E-state index contributed by atoms with van der Waals surface area (Å²) in [5, 5.41) is 7.46. The molecular weight excluding hydrogens is 416 g/mol. The maximum absolute atomic E-state index is 13.2. The first-order chi connectivity index (χ1) is 14.6. The van der Waals surface area contributed by atoms with Gasteiger partial charge in [0.1, 0.15) is 5.00 Å². The first kappa shape index (κ1) is 22.2. The smallest absolute Gasteiger partial charge is 0.341 e. The van der Waals surface area contributed by atoms with Crippen molar-refractivity contribution in [2.24, 2.45) is 5.73 Å². The first-order valence-electron chi connectivity index (χ1n) is 9.69. The number of nitrogens with zero attached hydrogens (tertiary/aromatic N) is 2. The Balaban J connectivity index is 2.01. The topological polar surface area (TPSA) is 116 Å². The Morgan fingerprint density at radius 3 is 2.32 bits per heavy atom. The quantitative estimate of drug-likeness (QED) is 0.566. The molecule has 9 heteroatoms. The molecule has 162 valence electrons. The number of rotatable bonds is 6. The highest BCUT2D eigenvalue weighted by atomic mass is 32.1. The van der Waals surface area contributed by atoms with Crippen LogP contribution in [0.5, 0.6) is 0 Å². The lowest BCUT2D eigenvalue weighted by atomic mass is 10.1. The van der Waals surface area contributed by atoms with Crippen LogP contribution in [0, 0.1) is 20.8 Å². The first-order valence-corrected chi connectivity index (χ1v) is 10.5. The second-order valence-electron chi connectivity index (χ2n) is 7.33. The monoisotopic (exact) mass is 440 g/mol. The number of hydrogen-bond acceptors (Lipinski definition) is 6. The van der Waals surface area contributed by atoms with Gasteiger partial charge in [-0.25, -0.2) is 9.48 Å². The summed E-state index contributed by atoms with van der Waals surface area (Å²) >= 11 is 0.953. The van der Waals surface area contributed by atoms with Crippen molar-refractivity contribution < 1.29 is 19.1 Å². The van der Waals surface area contributed by atoms with Crippen LogP contribution in [0.2, 0.25) is 0 Å². The van der Waals surface area contributed by atoms with Crippen molar-refractivity contribution in [2.45, 2.75) is 40.7 Å². The van der Waals surface area contributed by atoms with E-state index in [4.69, 9.17) is 10.5 Å². The Morgan fingerprint density at radius 1 is 1.10 bits per heavy atom. The number of carbonyl (C=O) groups excluding carboxylic acids is 3. The van der Waals surface area contributed by atoms with Gasteiger partial charge in [0.05, 0.1) is 39.2 Å². The highest BCUT2D eigenvalue weighted by molar-refractivity contribution is 7.18. The van der Waals surface area contributed by atoms with E-state index in [1.54, 1.807) is 39.3 Å². The van der Waals surface area contributed by atoms with Crippen LogP contribution in [0.3, 0.4) is 0 Å². The Hall–Kier alpha value is -3.46. The third-order valence-corrected chi connectivity index (χ3v) is 5.89. The van der Waals surface area contributed by atoms with Crippen LogP contribution in [0.25, 0.3) is 5.69 Å². The van der Waals surface area contributed by atoms with Gasteiger partial charge in [-0.1, -0.05) is 18.2 Å². The number of nitrogens with one attached hydrogen (secondary N) is 1. The Morgan fingerprint density at radius 2 is 1.74 bits per heavy atom. The summed E-state index contributed by atoms with van der Waals surface area (Å²) in [7, 11) is 0. The van der Waals surface area contributed by atoms with Crippen LogP contribution in [0.1, 0.15) is 61.2 Å². The number of anilines is 1. The van der Waals surface area contributed by atoms with Crippen molar-refractivity contribution in [1.82, 2.24) is 9.78 Å². The number of aromatic nitrogens is 2. The molecule has 1 aromatic carbocycles. The molecule has 0 aliphatic carbocycles. The van der Waals surface area contributed by atoms with Crippen molar-refractivity contribution >= 4 is 34.1 Å². The summed E-state index contributed by atoms with van der Waals surface area (Å²) in [6, 6.07) is 9.46. The number of carbonyl (C=O) groups is 3. The Bertz CT molecular complexity index is 1160. The van der Waals surface area contributed by atoms with Crippen molar-refractivity contribution in [3.8, 4) is 5.69 Å². The average molecular weight is 441 g/mol. The molecular formula is C22H24N4O4S. The zero-order valence-electron chi connectivity index (χ0n) is 18.0. The van der Waals surface area contributed by atoms with Crippen molar-refractivity contribution in [2.75, 3.05) is 5.32 Å². The minimum Gasteiger partial charge on any atom is -0.459 e. The molecule has 0 saturated carbocycles. The number of para-hydroxylation sites is 1. The summed E-state index contributed by atoms with van der Waals surface area (Å²) in [5.74, 6) is -1.74. The largest absolute Gasteiger partial charge is 0.459 e. The van der Waals surface area contributed by atoms with Gasteiger partial charge < -0.3 is 15.8 Å². The number of hydrogen-bond donors (Lipinski definition) is 2. The minimum atomic E-state index is -0.675. The van der Waals surface area contributed by atoms with Gasteiger partial charge in [-0.15, -0.1) is 11.3 Å². The van der Waals surface area contributed by atoms with E-state index in [1.807, 2.05) is 30.3 Å². The van der Waals surface area contributed by atoms with Crippen LogP contribution in [-0.4, -0.2) is 33.7 Å². The molecule has 0 atom stereocenters. The maximum Gasteiger partial charge on any atom is 0.341 e. The predicted molar refractivity (Wildman–Crippen MR) is 119 cm³/mol. The molecule has 8 nitrogen and oxygen atoms in total. The lowest BCUT2D eigenvalue weighted by Crippen LogP contribution is -2.18. The number of nitrogens with two attached hydrogens (primary N) is 1. The summed E-state index contributed by atoms with van der Waals surface area (Å²) < 4.78 is 6.98. The molecule has 31 heavy (non-hydrogen) atoms. The lowest BCUT2D eigenvalue weighted by molar-refractivity contribution is 0.0379. The number of amides is 2. The fourth-order valence-electron chi connectivity index (χ4n) is 3.31. The second kappa shape index (κ2) is 8.73. The van der Waals surface area contributed by atoms with E-state index < -0.39 is 17.8 Å². The van der Waals surface area contributed by atoms with Gasteiger partial charge in [0, 0.05) is 0 Å².